The van der Waals surface area contributed by atoms with Gasteiger partial charge in [0.2, 0.25) is 5.91 Å². The number of piperidine rings is 2. The molecule has 2 saturated heterocycles. The van der Waals surface area contributed by atoms with Crippen molar-refractivity contribution in [1.82, 2.24) is 19.2 Å². The van der Waals surface area contributed by atoms with Crippen molar-refractivity contribution in [2.45, 2.75) is 37.7 Å². The first-order valence-corrected chi connectivity index (χ1v) is 11.6. The molecule has 0 unspecified atom stereocenters. The first-order chi connectivity index (χ1) is 15.5. The van der Waals surface area contributed by atoms with Gasteiger partial charge >= 0.3 is 0 Å². The molecule has 0 radical (unpaired) electrons. The number of imidazole rings is 1. The lowest BCUT2D eigenvalue weighted by Crippen LogP contribution is -2.53. The predicted molar refractivity (Wildman–Crippen MR) is 125 cm³/mol. The molecular weight excluding hydrogens is 400 g/mol. The number of likely N-dealkylation sites (tertiary alicyclic amines) is 2. The Bertz CT molecular complexity index is 1100. The number of nitrogens with zero attached hydrogens (tertiary/aromatic N) is 4. The summed E-state index contributed by atoms with van der Waals surface area (Å²) in [6.45, 7) is 4.91. The smallest absolute Gasteiger partial charge is 0.229 e. The molecule has 2 fully saturated rings. The quantitative estimate of drug-likeness (QED) is 0.691. The number of pyridine rings is 1. The van der Waals surface area contributed by atoms with E-state index < -0.39 is 6.10 Å². The van der Waals surface area contributed by atoms with Crippen LogP contribution in [0.2, 0.25) is 0 Å². The lowest BCUT2D eigenvalue weighted by molar-refractivity contribution is -0.143. The molecular formula is C26H32N4O2. The Labute approximate surface area is 189 Å². The molecule has 1 aromatic carbocycles. The van der Waals surface area contributed by atoms with Crippen LogP contribution in [0.3, 0.4) is 0 Å². The number of rotatable bonds is 3. The van der Waals surface area contributed by atoms with Crippen molar-refractivity contribution < 1.29 is 9.90 Å². The molecule has 2 aliphatic rings. The highest BCUT2D eigenvalue weighted by Crippen LogP contribution is 2.42. The van der Waals surface area contributed by atoms with Gasteiger partial charge in [-0.3, -0.25) is 4.79 Å². The number of amides is 1. The van der Waals surface area contributed by atoms with E-state index in [0.29, 0.717) is 26.1 Å². The largest absolute Gasteiger partial charge is 0.392 e. The number of aromatic nitrogens is 2. The van der Waals surface area contributed by atoms with Crippen molar-refractivity contribution in [2.24, 2.45) is 5.92 Å². The number of hydrogen-bond acceptors (Lipinski definition) is 4. The standard InChI is InChI=1S/C26H32N4O2/c1-19-7-6-13-30-18-23(27-24(19)30)26(20-8-4-3-5-9-20)11-15-29(16-12-26)25(32)21-17-28(2)14-10-22(21)31/h3-9,13,18,21-22,31H,10-12,14-17H2,1-2H3/t21-,22+/m1/s1. The van der Waals surface area contributed by atoms with Crippen LogP contribution in [0, 0.1) is 12.8 Å². The van der Waals surface area contributed by atoms with Crippen LogP contribution in [0.25, 0.3) is 5.65 Å². The summed E-state index contributed by atoms with van der Waals surface area (Å²) in [5.74, 6) is -0.229. The van der Waals surface area contributed by atoms with Gasteiger partial charge in [-0.05, 0) is 50.4 Å². The summed E-state index contributed by atoms with van der Waals surface area (Å²) in [5, 5.41) is 10.5. The van der Waals surface area contributed by atoms with Crippen LogP contribution in [0.15, 0.2) is 54.9 Å². The van der Waals surface area contributed by atoms with E-state index in [1.54, 1.807) is 0 Å². The summed E-state index contributed by atoms with van der Waals surface area (Å²) in [6, 6.07) is 14.7. The summed E-state index contributed by atoms with van der Waals surface area (Å²) < 4.78 is 2.11. The Hall–Kier alpha value is -2.70. The molecule has 2 aliphatic heterocycles. The maximum Gasteiger partial charge on any atom is 0.229 e. The molecule has 0 saturated carbocycles. The second-order valence-electron chi connectivity index (χ2n) is 9.55. The van der Waals surface area contributed by atoms with Gasteiger partial charge in [0.15, 0.2) is 0 Å². The zero-order chi connectivity index (χ0) is 22.3. The lowest BCUT2D eigenvalue weighted by Gasteiger charge is -2.43. The first kappa shape index (κ1) is 21.2. The number of carbonyl (C=O) groups excluding carboxylic acids is 1. The molecule has 3 aromatic rings. The normalized spacial score (nSPS) is 24.0. The van der Waals surface area contributed by atoms with Crippen LogP contribution in [-0.2, 0) is 10.2 Å². The summed E-state index contributed by atoms with van der Waals surface area (Å²) >= 11 is 0. The molecule has 2 aromatic heterocycles. The van der Waals surface area contributed by atoms with Crippen LogP contribution < -0.4 is 0 Å². The van der Waals surface area contributed by atoms with E-state index in [1.807, 2.05) is 18.0 Å². The van der Waals surface area contributed by atoms with Crippen LogP contribution in [0.1, 0.15) is 36.1 Å². The highest BCUT2D eigenvalue weighted by molar-refractivity contribution is 5.80. The minimum atomic E-state index is -0.541. The topological polar surface area (TPSA) is 61.1 Å². The molecule has 5 rings (SSSR count). The van der Waals surface area contributed by atoms with E-state index in [0.717, 1.165) is 36.3 Å². The summed E-state index contributed by atoms with van der Waals surface area (Å²) in [6.07, 6.45) is 5.98. The van der Waals surface area contributed by atoms with E-state index in [1.165, 1.54) is 5.56 Å². The number of aliphatic hydroxyl groups excluding tert-OH is 1. The summed E-state index contributed by atoms with van der Waals surface area (Å²) in [4.78, 5) is 22.5. The zero-order valence-electron chi connectivity index (χ0n) is 18.9. The third-order valence-corrected chi connectivity index (χ3v) is 7.52. The van der Waals surface area contributed by atoms with E-state index in [4.69, 9.17) is 4.98 Å². The molecule has 4 heterocycles. The molecule has 2 atom stereocenters. The minimum Gasteiger partial charge on any atom is -0.392 e. The Balaban J connectivity index is 1.45. The van der Waals surface area contributed by atoms with E-state index in [9.17, 15) is 9.90 Å². The van der Waals surface area contributed by atoms with Gasteiger partial charge in [0.1, 0.15) is 5.65 Å². The van der Waals surface area contributed by atoms with Crippen molar-refractivity contribution in [1.29, 1.82) is 0 Å². The van der Waals surface area contributed by atoms with Crippen LogP contribution in [-0.4, -0.2) is 69.5 Å². The van der Waals surface area contributed by atoms with Gasteiger partial charge in [-0.15, -0.1) is 0 Å². The predicted octanol–water partition coefficient (Wildman–Crippen LogP) is 2.86. The minimum absolute atomic E-state index is 0.0940. The number of aliphatic hydroxyl groups is 1. The van der Waals surface area contributed by atoms with Crippen molar-refractivity contribution >= 4 is 11.6 Å². The maximum atomic E-state index is 13.3. The Morgan fingerprint density at radius 2 is 1.84 bits per heavy atom. The fourth-order valence-electron chi connectivity index (χ4n) is 5.52. The van der Waals surface area contributed by atoms with Gasteiger partial charge in [-0.2, -0.15) is 0 Å². The van der Waals surface area contributed by atoms with E-state index in [2.05, 4.69) is 65.0 Å². The van der Waals surface area contributed by atoms with Gasteiger partial charge in [0.05, 0.1) is 17.7 Å². The van der Waals surface area contributed by atoms with Crippen LogP contribution in [0.4, 0.5) is 0 Å². The van der Waals surface area contributed by atoms with Gasteiger partial charge in [-0.1, -0.05) is 36.4 Å². The van der Waals surface area contributed by atoms with E-state index >= 15 is 0 Å². The number of carbonyl (C=O) groups is 1. The fourth-order valence-corrected chi connectivity index (χ4v) is 5.52. The van der Waals surface area contributed by atoms with Crippen molar-refractivity contribution in [2.75, 3.05) is 33.2 Å². The third-order valence-electron chi connectivity index (χ3n) is 7.52. The SMILES string of the molecule is Cc1cccn2cc(C3(c4ccccc4)CCN(C(=O)[C@@H]4CN(C)CC[C@@H]4O)CC3)nc12. The Kier molecular flexibility index (Phi) is 5.51. The summed E-state index contributed by atoms with van der Waals surface area (Å²) in [7, 11) is 2.02. The first-order valence-electron chi connectivity index (χ1n) is 11.6. The van der Waals surface area contributed by atoms with Gasteiger partial charge in [0.25, 0.3) is 0 Å². The van der Waals surface area contributed by atoms with Crippen LogP contribution >= 0.6 is 0 Å². The molecule has 32 heavy (non-hydrogen) atoms. The fraction of sp³-hybridized carbons (Fsp3) is 0.462. The van der Waals surface area contributed by atoms with Crippen molar-refractivity contribution in [3.63, 3.8) is 0 Å². The Morgan fingerprint density at radius 1 is 1.09 bits per heavy atom. The van der Waals surface area contributed by atoms with E-state index in [-0.39, 0.29) is 17.2 Å². The van der Waals surface area contributed by atoms with Crippen LogP contribution in [0.5, 0.6) is 0 Å². The average Bonchev–Trinajstić information content (AvgIpc) is 3.27. The monoisotopic (exact) mass is 432 g/mol. The molecule has 0 aliphatic carbocycles. The lowest BCUT2D eigenvalue weighted by atomic mass is 9.70. The average molecular weight is 433 g/mol. The molecule has 0 bridgehead atoms. The number of benzene rings is 1. The molecule has 6 nitrogen and oxygen atoms in total. The molecule has 168 valence electrons. The highest BCUT2D eigenvalue weighted by atomic mass is 16.3. The summed E-state index contributed by atoms with van der Waals surface area (Å²) in [5.41, 5.74) is 4.25. The van der Waals surface area contributed by atoms with Crippen molar-refractivity contribution in [3.05, 3.63) is 71.7 Å². The molecule has 0 spiro atoms. The van der Waals surface area contributed by atoms with Crippen molar-refractivity contribution in [3.8, 4) is 0 Å². The number of aryl methyl sites for hydroxylation is 1. The second kappa shape index (κ2) is 8.34. The Morgan fingerprint density at radius 3 is 2.56 bits per heavy atom. The molecule has 6 heteroatoms. The molecule has 1 N–H and O–H groups in total. The van der Waals surface area contributed by atoms with Gasteiger partial charge in [-0.25, -0.2) is 4.98 Å². The highest BCUT2D eigenvalue weighted by Gasteiger charge is 2.43. The zero-order valence-corrected chi connectivity index (χ0v) is 18.9. The second-order valence-corrected chi connectivity index (χ2v) is 9.55. The van der Waals surface area contributed by atoms with Gasteiger partial charge in [0, 0.05) is 44.0 Å². The number of hydrogen-bond donors (Lipinski definition) is 1. The number of fused-ring (bicyclic) bond motifs is 1. The molecule has 1 amide bonds. The van der Waals surface area contributed by atoms with Gasteiger partial charge < -0.3 is 19.3 Å². The third kappa shape index (κ3) is 3.61. The maximum absolute atomic E-state index is 13.3.